The Labute approximate surface area is 107 Å². The number of carbonyl (C=O) groups excluding carboxylic acids is 1. The van der Waals surface area contributed by atoms with Gasteiger partial charge in [0.2, 0.25) is 0 Å². The molecule has 0 spiro atoms. The topological polar surface area (TPSA) is 37.3 Å². The lowest BCUT2D eigenvalue weighted by Crippen LogP contribution is -1.93. The first-order chi connectivity index (χ1) is 8.65. The molecule has 0 unspecified atom stereocenters. The summed E-state index contributed by atoms with van der Waals surface area (Å²) in [6.07, 6.45) is 1.39. The number of aromatic hydroxyl groups is 1. The second kappa shape index (κ2) is 5.50. The first kappa shape index (κ1) is 12.4. The van der Waals surface area contributed by atoms with Gasteiger partial charge in [-0.2, -0.15) is 0 Å². The van der Waals surface area contributed by atoms with Gasteiger partial charge < -0.3 is 9.90 Å². The lowest BCUT2D eigenvalue weighted by molar-refractivity contribution is -0.116. The average molecular weight is 240 g/mol. The molecule has 0 aliphatic heterocycles. The van der Waals surface area contributed by atoms with E-state index in [2.05, 4.69) is 0 Å². The minimum absolute atomic E-state index is 0.220. The van der Waals surface area contributed by atoms with Crippen LogP contribution >= 0.6 is 0 Å². The number of carbonyl (C=O) groups is 1. The van der Waals surface area contributed by atoms with Crippen molar-refractivity contribution < 1.29 is 9.90 Å². The van der Waals surface area contributed by atoms with Crippen molar-refractivity contribution in [2.24, 2.45) is 0 Å². The zero-order valence-electron chi connectivity index (χ0n) is 10.4. The van der Waals surface area contributed by atoms with Crippen LogP contribution in [0.1, 0.15) is 18.9 Å². The number of rotatable bonds is 4. The summed E-state index contributed by atoms with van der Waals surface area (Å²) in [5.41, 5.74) is 3.36. The fraction of sp³-hybridized carbons (Fsp3) is 0.188. The minimum Gasteiger partial charge on any atom is -0.508 e. The molecular weight excluding hydrogens is 224 g/mol. The van der Waals surface area contributed by atoms with Gasteiger partial charge in [0.25, 0.3) is 0 Å². The number of hydrogen-bond donors (Lipinski definition) is 1. The van der Waals surface area contributed by atoms with E-state index in [0.717, 1.165) is 17.5 Å². The Hall–Kier alpha value is -2.09. The summed E-state index contributed by atoms with van der Waals surface area (Å²) < 4.78 is 0. The van der Waals surface area contributed by atoms with Crippen LogP contribution in [0.5, 0.6) is 5.75 Å². The van der Waals surface area contributed by atoms with Crippen LogP contribution in [0, 0.1) is 0 Å². The van der Waals surface area contributed by atoms with Crippen molar-refractivity contribution in [1.82, 2.24) is 0 Å². The van der Waals surface area contributed by atoms with Gasteiger partial charge >= 0.3 is 0 Å². The third kappa shape index (κ3) is 3.20. The van der Waals surface area contributed by atoms with Gasteiger partial charge in [-0.1, -0.05) is 36.4 Å². The molecular formula is C16H16O2. The van der Waals surface area contributed by atoms with Crippen molar-refractivity contribution >= 4 is 5.78 Å². The normalized spacial score (nSPS) is 10.3. The molecule has 0 radical (unpaired) electrons. The van der Waals surface area contributed by atoms with Gasteiger partial charge in [-0.25, -0.2) is 0 Å². The number of phenols is 1. The Bertz CT molecular complexity index is 524. The van der Waals surface area contributed by atoms with Crippen LogP contribution in [0.4, 0.5) is 0 Å². The summed E-state index contributed by atoms with van der Waals surface area (Å²) in [5.74, 6) is 0.495. The minimum atomic E-state index is 0.220. The van der Waals surface area contributed by atoms with E-state index in [1.54, 1.807) is 19.1 Å². The van der Waals surface area contributed by atoms with E-state index in [9.17, 15) is 9.90 Å². The van der Waals surface area contributed by atoms with Crippen LogP contribution in [-0.4, -0.2) is 10.9 Å². The molecule has 0 atom stereocenters. The SMILES string of the molecule is CC(=O)CCc1ccc(-c2ccc(O)cc2)cc1. The highest BCUT2D eigenvalue weighted by molar-refractivity contribution is 5.75. The molecule has 0 fully saturated rings. The molecule has 2 rings (SSSR count). The maximum absolute atomic E-state index is 10.9. The summed E-state index contributed by atoms with van der Waals surface area (Å²) in [6, 6.07) is 15.3. The Morgan fingerprint density at radius 1 is 0.944 bits per heavy atom. The fourth-order valence-electron chi connectivity index (χ4n) is 1.84. The molecule has 0 aliphatic carbocycles. The third-order valence-electron chi connectivity index (χ3n) is 2.92. The van der Waals surface area contributed by atoms with Crippen LogP contribution in [0.25, 0.3) is 11.1 Å². The molecule has 0 bridgehead atoms. The molecule has 0 saturated heterocycles. The molecule has 0 aliphatic rings. The Balaban J connectivity index is 2.12. The van der Waals surface area contributed by atoms with Gasteiger partial charge in [0.15, 0.2) is 0 Å². The standard InChI is InChI=1S/C16H16O2/c1-12(17)2-3-13-4-6-14(7-5-13)15-8-10-16(18)11-9-15/h4-11,18H,2-3H2,1H3. The first-order valence-electron chi connectivity index (χ1n) is 6.03. The summed E-state index contributed by atoms with van der Waals surface area (Å²) in [5, 5.41) is 9.24. The van der Waals surface area contributed by atoms with E-state index in [4.69, 9.17) is 0 Å². The van der Waals surface area contributed by atoms with E-state index in [0.29, 0.717) is 6.42 Å². The monoisotopic (exact) mass is 240 g/mol. The molecule has 92 valence electrons. The summed E-state index contributed by atoms with van der Waals surface area (Å²) in [4.78, 5) is 10.9. The van der Waals surface area contributed by atoms with Crippen LogP contribution < -0.4 is 0 Å². The predicted molar refractivity (Wildman–Crippen MR) is 72.5 cm³/mol. The molecule has 18 heavy (non-hydrogen) atoms. The number of hydrogen-bond acceptors (Lipinski definition) is 2. The van der Waals surface area contributed by atoms with Gasteiger partial charge in [0.1, 0.15) is 11.5 Å². The van der Waals surface area contributed by atoms with E-state index < -0.39 is 0 Å². The Morgan fingerprint density at radius 2 is 1.44 bits per heavy atom. The number of Topliss-reactive ketones (excluding diaryl/α,β-unsaturated/α-hetero) is 1. The van der Waals surface area contributed by atoms with Crippen LogP contribution in [0.15, 0.2) is 48.5 Å². The molecule has 0 saturated carbocycles. The van der Waals surface area contributed by atoms with Crippen molar-refractivity contribution in [2.75, 3.05) is 0 Å². The second-order valence-corrected chi connectivity index (χ2v) is 4.45. The zero-order valence-corrected chi connectivity index (χ0v) is 10.4. The van der Waals surface area contributed by atoms with Crippen molar-refractivity contribution in [3.05, 3.63) is 54.1 Å². The van der Waals surface area contributed by atoms with Crippen molar-refractivity contribution in [1.29, 1.82) is 0 Å². The summed E-state index contributed by atoms with van der Waals surface area (Å²) in [6.45, 7) is 1.62. The summed E-state index contributed by atoms with van der Waals surface area (Å²) >= 11 is 0. The van der Waals surface area contributed by atoms with Gasteiger partial charge in [-0.15, -0.1) is 0 Å². The number of ketones is 1. The van der Waals surface area contributed by atoms with Gasteiger partial charge in [0, 0.05) is 6.42 Å². The molecule has 2 aromatic carbocycles. The van der Waals surface area contributed by atoms with Gasteiger partial charge in [-0.05, 0) is 42.2 Å². The summed E-state index contributed by atoms with van der Waals surface area (Å²) in [7, 11) is 0. The van der Waals surface area contributed by atoms with Crippen LogP contribution in [-0.2, 0) is 11.2 Å². The lowest BCUT2D eigenvalue weighted by atomic mass is 10.0. The lowest BCUT2D eigenvalue weighted by Gasteiger charge is -2.04. The smallest absolute Gasteiger partial charge is 0.130 e. The van der Waals surface area contributed by atoms with Crippen molar-refractivity contribution in [2.45, 2.75) is 19.8 Å². The highest BCUT2D eigenvalue weighted by Gasteiger charge is 2.00. The molecule has 0 heterocycles. The van der Waals surface area contributed by atoms with Gasteiger partial charge in [-0.3, -0.25) is 0 Å². The number of benzene rings is 2. The zero-order chi connectivity index (χ0) is 13.0. The van der Waals surface area contributed by atoms with Crippen LogP contribution in [0.2, 0.25) is 0 Å². The maximum Gasteiger partial charge on any atom is 0.130 e. The first-order valence-corrected chi connectivity index (χ1v) is 6.03. The van der Waals surface area contributed by atoms with Crippen molar-refractivity contribution in [3.63, 3.8) is 0 Å². The molecule has 2 aromatic rings. The van der Waals surface area contributed by atoms with E-state index >= 15 is 0 Å². The van der Waals surface area contributed by atoms with Gasteiger partial charge in [0.05, 0.1) is 0 Å². The third-order valence-corrected chi connectivity index (χ3v) is 2.92. The highest BCUT2D eigenvalue weighted by Crippen LogP contribution is 2.22. The fourth-order valence-corrected chi connectivity index (χ4v) is 1.84. The highest BCUT2D eigenvalue weighted by atomic mass is 16.3. The average Bonchev–Trinajstić information content (AvgIpc) is 2.38. The number of phenolic OH excluding ortho intramolecular Hbond substituents is 1. The molecule has 0 aromatic heterocycles. The van der Waals surface area contributed by atoms with E-state index in [-0.39, 0.29) is 11.5 Å². The Morgan fingerprint density at radius 3 is 1.94 bits per heavy atom. The van der Waals surface area contributed by atoms with E-state index in [1.807, 2.05) is 36.4 Å². The largest absolute Gasteiger partial charge is 0.508 e. The second-order valence-electron chi connectivity index (χ2n) is 4.45. The maximum atomic E-state index is 10.9. The van der Waals surface area contributed by atoms with E-state index in [1.165, 1.54) is 5.56 Å². The molecule has 1 N–H and O–H groups in total. The number of aryl methyl sites for hydroxylation is 1. The van der Waals surface area contributed by atoms with Crippen LogP contribution in [0.3, 0.4) is 0 Å². The van der Waals surface area contributed by atoms with Crippen molar-refractivity contribution in [3.8, 4) is 16.9 Å². The molecule has 2 heteroatoms. The predicted octanol–water partition coefficient (Wildman–Crippen LogP) is 3.58. The Kier molecular flexibility index (Phi) is 3.78. The molecule has 0 amide bonds. The molecule has 2 nitrogen and oxygen atoms in total. The quantitative estimate of drug-likeness (QED) is 0.886.